The maximum atomic E-state index is 6.43. The monoisotopic (exact) mass is 233 g/mol. The van der Waals surface area contributed by atoms with Crippen LogP contribution in [-0.4, -0.2) is 7.11 Å². The standard InChI is InChI=1S/C15H23NO/c1-5-11-6-7-12(10(2)3)13(14(11)17-4)15(16)8-9-15/h6-7,10H,5,8-9,16H2,1-4H3. The Balaban J connectivity index is 2.63. The molecule has 0 unspecified atom stereocenters. The number of rotatable bonds is 4. The van der Waals surface area contributed by atoms with Crippen LogP contribution in [0.4, 0.5) is 0 Å². The van der Waals surface area contributed by atoms with Gasteiger partial charge in [0.25, 0.3) is 0 Å². The van der Waals surface area contributed by atoms with Gasteiger partial charge >= 0.3 is 0 Å². The van der Waals surface area contributed by atoms with Crippen LogP contribution < -0.4 is 10.5 Å². The van der Waals surface area contributed by atoms with Crippen molar-refractivity contribution < 1.29 is 4.74 Å². The highest BCUT2D eigenvalue weighted by atomic mass is 16.5. The highest BCUT2D eigenvalue weighted by molar-refractivity contribution is 5.53. The van der Waals surface area contributed by atoms with Gasteiger partial charge in [0.1, 0.15) is 5.75 Å². The summed E-state index contributed by atoms with van der Waals surface area (Å²) in [5.74, 6) is 1.52. The fourth-order valence-electron chi connectivity index (χ4n) is 2.53. The number of hydrogen-bond donors (Lipinski definition) is 1. The van der Waals surface area contributed by atoms with Crippen molar-refractivity contribution in [2.24, 2.45) is 5.73 Å². The third-order valence-corrected chi connectivity index (χ3v) is 3.77. The van der Waals surface area contributed by atoms with Crippen LogP contribution in [0.2, 0.25) is 0 Å². The van der Waals surface area contributed by atoms with Gasteiger partial charge in [-0.05, 0) is 36.3 Å². The molecule has 2 N–H and O–H groups in total. The fraction of sp³-hybridized carbons (Fsp3) is 0.600. The molecule has 0 atom stereocenters. The van der Waals surface area contributed by atoms with Crippen LogP contribution >= 0.6 is 0 Å². The Labute approximate surface area is 104 Å². The molecular formula is C15H23NO. The molecule has 1 aromatic rings. The first-order chi connectivity index (χ1) is 8.03. The molecule has 17 heavy (non-hydrogen) atoms. The van der Waals surface area contributed by atoms with Crippen molar-refractivity contribution in [1.82, 2.24) is 0 Å². The second-order valence-corrected chi connectivity index (χ2v) is 5.39. The molecule has 1 aromatic carbocycles. The predicted molar refractivity (Wildman–Crippen MR) is 71.6 cm³/mol. The van der Waals surface area contributed by atoms with Gasteiger partial charge in [0.05, 0.1) is 7.11 Å². The van der Waals surface area contributed by atoms with Crippen LogP contribution in [-0.2, 0) is 12.0 Å². The third-order valence-electron chi connectivity index (χ3n) is 3.77. The molecule has 2 rings (SSSR count). The molecule has 0 heterocycles. The number of ether oxygens (including phenoxy) is 1. The van der Waals surface area contributed by atoms with E-state index in [-0.39, 0.29) is 5.54 Å². The lowest BCUT2D eigenvalue weighted by atomic mass is 9.88. The summed E-state index contributed by atoms with van der Waals surface area (Å²) in [6.45, 7) is 6.60. The van der Waals surface area contributed by atoms with Crippen molar-refractivity contribution >= 4 is 0 Å². The second-order valence-electron chi connectivity index (χ2n) is 5.39. The molecule has 2 nitrogen and oxygen atoms in total. The van der Waals surface area contributed by atoms with Crippen molar-refractivity contribution in [2.45, 2.75) is 51.5 Å². The zero-order valence-corrected chi connectivity index (χ0v) is 11.3. The summed E-state index contributed by atoms with van der Waals surface area (Å²) in [5.41, 5.74) is 10.2. The number of methoxy groups -OCH3 is 1. The smallest absolute Gasteiger partial charge is 0.127 e. The lowest BCUT2D eigenvalue weighted by molar-refractivity contribution is 0.398. The van der Waals surface area contributed by atoms with Gasteiger partial charge in [-0.1, -0.05) is 32.9 Å². The number of hydrogen-bond acceptors (Lipinski definition) is 2. The van der Waals surface area contributed by atoms with Crippen molar-refractivity contribution in [3.63, 3.8) is 0 Å². The summed E-state index contributed by atoms with van der Waals surface area (Å²) in [7, 11) is 1.76. The van der Waals surface area contributed by atoms with Gasteiger partial charge in [0.15, 0.2) is 0 Å². The van der Waals surface area contributed by atoms with E-state index < -0.39 is 0 Å². The fourth-order valence-corrected chi connectivity index (χ4v) is 2.53. The molecule has 1 saturated carbocycles. The lowest BCUT2D eigenvalue weighted by Crippen LogP contribution is -2.23. The van der Waals surface area contributed by atoms with E-state index in [2.05, 4.69) is 32.9 Å². The Hall–Kier alpha value is -1.02. The van der Waals surface area contributed by atoms with Gasteiger partial charge in [-0.25, -0.2) is 0 Å². The van der Waals surface area contributed by atoms with Gasteiger partial charge in [-0.3, -0.25) is 0 Å². The number of benzene rings is 1. The van der Waals surface area contributed by atoms with Gasteiger partial charge in [-0.2, -0.15) is 0 Å². The first kappa shape index (κ1) is 12.4. The third kappa shape index (κ3) is 2.06. The summed E-state index contributed by atoms with van der Waals surface area (Å²) in [4.78, 5) is 0. The number of nitrogens with two attached hydrogens (primary N) is 1. The van der Waals surface area contributed by atoms with E-state index in [0.29, 0.717) is 5.92 Å². The minimum absolute atomic E-state index is 0.129. The van der Waals surface area contributed by atoms with Crippen molar-refractivity contribution in [3.8, 4) is 5.75 Å². The minimum Gasteiger partial charge on any atom is -0.496 e. The highest BCUT2D eigenvalue weighted by Crippen LogP contribution is 2.50. The average molecular weight is 233 g/mol. The first-order valence-electron chi connectivity index (χ1n) is 6.52. The van der Waals surface area contributed by atoms with Crippen molar-refractivity contribution in [2.75, 3.05) is 7.11 Å². The summed E-state index contributed by atoms with van der Waals surface area (Å²) >= 11 is 0. The van der Waals surface area contributed by atoms with E-state index in [4.69, 9.17) is 10.5 Å². The predicted octanol–water partition coefficient (Wildman–Crippen LogP) is 3.33. The molecule has 0 bridgehead atoms. The second kappa shape index (κ2) is 4.34. The van der Waals surface area contributed by atoms with Gasteiger partial charge < -0.3 is 10.5 Å². The van der Waals surface area contributed by atoms with E-state index in [1.807, 2.05) is 0 Å². The Morgan fingerprint density at radius 2 is 2.00 bits per heavy atom. The zero-order valence-electron chi connectivity index (χ0n) is 11.3. The Kier molecular flexibility index (Phi) is 3.17. The maximum absolute atomic E-state index is 6.43. The van der Waals surface area contributed by atoms with Crippen LogP contribution in [0.3, 0.4) is 0 Å². The van der Waals surface area contributed by atoms with E-state index >= 15 is 0 Å². The Morgan fingerprint density at radius 3 is 2.41 bits per heavy atom. The van der Waals surface area contributed by atoms with Crippen molar-refractivity contribution in [3.05, 3.63) is 28.8 Å². The molecule has 1 aliphatic rings. The molecule has 0 amide bonds. The normalized spacial score (nSPS) is 17.3. The molecule has 1 fully saturated rings. The van der Waals surface area contributed by atoms with Crippen LogP contribution in [0.1, 0.15) is 56.2 Å². The maximum Gasteiger partial charge on any atom is 0.127 e. The highest BCUT2D eigenvalue weighted by Gasteiger charge is 2.44. The largest absolute Gasteiger partial charge is 0.496 e. The molecule has 2 heteroatoms. The first-order valence-corrected chi connectivity index (χ1v) is 6.52. The van der Waals surface area contributed by atoms with Crippen LogP contribution in [0, 0.1) is 0 Å². The van der Waals surface area contributed by atoms with E-state index in [0.717, 1.165) is 25.0 Å². The molecule has 0 radical (unpaired) electrons. The van der Waals surface area contributed by atoms with E-state index in [9.17, 15) is 0 Å². The molecule has 0 aliphatic heterocycles. The van der Waals surface area contributed by atoms with Crippen LogP contribution in [0.5, 0.6) is 5.75 Å². The van der Waals surface area contributed by atoms with E-state index in [1.54, 1.807) is 7.11 Å². The molecule has 0 saturated heterocycles. The molecule has 1 aliphatic carbocycles. The summed E-state index contributed by atoms with van der Waals surface area (Å²) in [6.07, 6.45) is 3.15. The topological polar surface area (TPSA) is 35.2 Å². The Morgan fingerprint density at radius 1 is 1.35 bits per heavy atom. The minimum atomic E-state index is -0.129. The molecule has 0 aromatic heterocycles. The van der Waals surface area contributed by atoms with Gasteiger partial charge in [0.2, 0.25) is 0 Å². The summed E-state index contributed by atoms with van der Waals surface area (Å²) in [6, 6.07) is 4.41. The summed E-state index contributed by atoms with van der Waals surface area (Å²) in [5, 5.41) is 0. The van der Waals surface area contributed by atoms with Crippen LogP contribution in [0.15, 0.2) is 12.1 Å². The average Bonchev–Trinajstić information content (AvgIpc) is 3.06. The van der Waals surface area contributed by atoms with Crippen LogP contribution in [0.25, 0.3) is 0 Å². The van der Waals surface area contributed by atoms with Crippen molar-refractivity contribution in [1.29, 1.82) is 0 Å². The van der Waals surface area contributed by atoms with E-state index in [1.165, 1.54) is 16.7 Å². The molecule has 94 valence electrons. The molecule has 0 spiro atoms. The quantitative estimate of drug-likeness (QED) is 0.865. The summed E-state index contributed by atoms with van der Waals surface area (Å²) < 4.78 is 5.64. The molecular weight excluding hydrogens is 210 g/mol. The van der Waals surface area contributed by atoms with Gasteiger partial charge in [-0.15, -0.1) is 0 Å². The van der Waals surface area contributed by atoms with Gasteiger partial charge in [0, 0.05) is 11.1 Å². The lowest BCUT2D eigenvalue weighted by Gasteiger charge is -2.23. The number of aryl methyl sites for hydroxylation is 1. The SMILES string of the molecule is CCc1ccc(C(C)C)c(C2(N)CC2)c1OC. The zero-order chi connectivity index (χ0) is 12.6. The Bertz CT molecular complexity index is 419.